The SMILES string of the molecule is CCOc1cc(S(=O)(=O)N(Cc2ccccc2)Cc2cccc(Oc3ccc(COCC(CNC(=O)c4cc(C)cc(C)c4)OC(=O)c4cc(C)cc(C)c4)cc3)c2)c(OCC)cc1C. The van der Waals surface area contributed by atoms with E-state index in [2.05, 4.69) is 5.32 Å². The molecule has 0 aliphatic rings. The van der Waals surface area contributed by atoms with Crippen LogP contribution in [-0.2, 0) is 39.2 Å². The summed E-state index contributed by atoms with van der Waals surface area (Å²) in [5, 5.41) is 2.91. The summed E-state index contributed by atoms with van der Waals surface area (Å²) in [6, 6.07) is 38.6. The summed E-state index contributed by atoms with van der Waals surface area (Å²) in [5.41, 5.74) is 7.97. The van der Waals surface area contributed by atoms with E-state index >= 15 is 0 Å². The van der Waals surface area contributed by atoms with Gasteiger partial charge in [0.25, 0.3) is 5.91 Å². The lowest BCUT2D eigenvalue weighted by atomic mass is 10.1. The molecule has 1 atom stereocenters. The molecule has 0 aromatic heterocycles. The zero-order chi connectivity index (χ0) is 46.5. The maximum atomic E-state index is 14.6. The van der Waals surface area contributed by atoms with Gasteiger partial charge < -0.3 is 29.0 Å². The van der Waals surface area contributed by atoms with Gasteiger partial charge in [-0.1, -0.05) is 89.0 Å². The van der Waals surface area contributed by atoms with E-state index in [1.165, 1.54) is 4.31 Å². The largest absolute Gasteiger partial charge is 0.494 e. The van der Waals surface area contributed by atoms with Crippen LogP contribution in [0.3, 0.4) is 0 Å². The van der Waals surface area contributed by atoms with Crippen molar-refractivity contribution in [1.29, 1.82) is 0 Å². The lowest BCUT2D eigenvalue weighted by Crippen LogP contribution is -2.37. The van der Waals surface area contributed by atoms with Crippen LogP contribution in [0.5, 0.6) is 23.0 Å². The van der Waals surface area contributed by atoms with E-state index < -0.39 is 22.1 Å². The Morgan fingerprint density at radius 2 is 1.22 bits per heavy atom. The number of carbonyl (C=O) groups is 2. The maximum Gasteiger partial charge on any atom is 0.338 e. The summed E-state index contributed by atoms with van der Waals surface area (Å²) in [4.78, 5) is 26.4. The van der Waals surface area contributed by atoms with Gasteiger partial charge in [-0.3, -0.25) is 4.79 Å². The highest BCUT2D eigenvalue weighted by Gasteiger charge is 2.30. The molecule has 0 bridgehead atoms. The fourth-order valence-corrected chi connectivity index (χ4v) is 8.99. The summed E-state index contributed by atoms with van der Waals surface area (Å²) in [6.45, 7) is 14.4. The molecule has 340 valence electrons. The van der Waals surface area contributed by atoms with Crippen molar-refractivity contribution in [2.24, 2.45) is 0 Å². The highest BCUT2D eigenvalue weighted by Crippen LogP contribution is 2.35. The van der Waals surface area contributed by atoms with E-state index in [9.17, 15) is 18.0 Å². The average Bonchev–Trinajstić information content (AvgIpc) is 3.26. The minimum absolute atomic E-state index is 0.0367. The van der Waals surface area contributed by atoms with Gasteiger partial charge in [-0.25, -0.2) is 13.2 Å². The number of rotatable bonds is 21. The van der Waals surface area contributed by atoms with Gasteiger partial charge in [0, 0.05) is 24.7 Å². The van der Waals surface area contributed by atoms with Crippen molar-refractivity contribution in [3.63, 3.8) is 0 Å². The Kier molecular flexibility index (Phi) is 16.6. The molecule has 11 nitrogen and oxygen atoms in total. The van der Waals surface area contributed by atoms with E-state index in [4.69, 9.17) is 23.7 Å². The van der Waals surface area contributed by atoms with Gasteiger partial charge in [0.05, 0.1) is 38.5 Å². The van der Waals surface area contributed by atoms with Crippen LogP contribution in [0.2, 0.25) is 0 Å². The zero-order valence-corrected chi connectivity index (χ0v) is 39.0. The van der Waals surface area contributed by atoms with Gasteiger partial charge in [0.15, 0.2) is 0 Å². The van der Waals surface area contributed by atoms with Crippen molar-refractivity contribution in [3.05, 3.63) is 183 Å². The molecule has 1 unspecified atom stereocenters. The number of hydrogen-bond acceptors (Lipinski definition) is 9. The van der Waals surface area contributed by atoms with E-state index in [0.29, 0.717) is 41.6 Å². The van der Waals surface area contributed by atoms with Crippen molar-refractivity contribution < 1.29 is 41.7 Å². The Morgan fingerprint density at radius 1 is 0.615 bits per heavy atom. The third-order valence-corrected chi connectivity index (χ3v) is 12.2. The lowest BCUT2D eigenvalue weighted by Gasteiger charge is -2.25. The van der Waals surface area contributed by atoms with Crippen LogP contribution in [0.1, 0.15) is 79.1 Å². The third kappa shape index (κ3) is 13.5. The lowest BCUT2D eigenvalue weighted by molar-refractivity contribution is -0.00745. The molecule has 0 radical (unpaired) electrons. The smallest absolute Gasteiger partial charge is 0.338 e. The van der Waals surface area contributed by atoms with Crippen molar-refractivity contribution in [3.8, 4) is 23.0 Å². The molecular formula is C53H58N2O9S. The highest BCUT2D eigenvalue weighted by atomic mass is 32.2. The molecule has 65 heavy (non-hydrogen) atoms. The van der Waals surface area contributed by atoms with E-state index in [1.54, 1.807) is 24.3 Å². The Bertz CT molecular complexity index is 2640. The summed E-state index contributed by atoms with van der Waals surface area (Å²) < 4.78 is 60.5. The molecule has 1 N–H and O–H groups in total. The second-order valence-electron chi connectivity index (χ2n) is 16.1. The van der Waals surface area contributed by atoms with Crippen molar-refractivity contribution in [2.45, 2.75) is 79.2 Å². The van der Waals surface area contributed by atoms with Crippen LogP contribution in [0.15, 0.2) is 132 Å². The molecule has 6 aromatic carbocycles. The Balaban J connectivity index is 1.13. The van der Waals surface area contributed by atoms with Crippen LogP contribution in [0.25, 0.3) is 0 Å². The Morgan fingerprint density at radius 3 is 1.86 bits per heavy atom. The molecule has 0 heterocycles. The van der Waals surface area contributed by atoms with E-state index in [-0.39, 0.29) is 49.4 Å². The number of nitrogens with zero attached hydrogens (tertiary/aromatic N) is 1. The normalized spacial score (nSPS) is 11.8. The first-order valence-electron chi connectivity index (χ1n) is 21.7. The first-order chi connectivity index (χ1) is 31.2. The first-order valence-corrected chi connectivity index (χ1v) is 23.2. The van der Waals surface area contributed by atoms with Crippen LogP contribution >= 0.6 is 0 Å². The minimum atomic E-state index is -4.11. The monoisotopic (exact) mass is 898 g/mol. The van der Waals surface area contributed by atoms with Gasteiger partial charge in [-0.2, -0.15) is 4.31 Å². The molecule has 6 aromatic rings. The summed E-state index contributed by atoms with van der Waals surface area (Å²) >= 11 is 0. The van der Waals surface area contributed by atoms with Crippen LogP contribution in [0.4, 0.5) is 0 Å². The molecule has 6 rings (SSSR count). The standard InChI is InChI=1S/C53H58N2O9S/c1-8-61-49-30-51(50(62-9-2)28-40(49)7)65(58,59)55(32-41-14-11-10-12-15-41)33-43-16-13-17-47(29-43)63-46-20-18-42(19-21-46)34-60-35-48(64-53(57)45-26-38(5)23-39(6)27-45)31-54-52(56)44-24-36(3)22-37(4)25-44/h10-30,48H,8-9,31-35H2,1-7H3,(H,54,56). The summed E-state index contributed by atoms with van der Waals surface area (Å²) in [5.74, 6) is 1.08. The van der Waals surface area contributed by atoms with E-state index in [0.717, 1.165) is 44.5 Å². The Hall–Kier alpha value is -6.47. The number of benzene rings is 6. The van der Waals surface area contributed by atoms with Gasteiger partial charge in [0.1, 0.15) is 34.0 Å². The van der Waals surface area contributed by atoms with Gasteiger partial charge in [-0.05, 0) is 125 Å². The number of aryl methyl sites for hydroxylation is 5. The van der Waals surface area contributed by atoms with Crippen molar-refractivity contribution in [1.82, 2.24) is 9.62 Å². The number of esters is 1. The van der Waals surface area contributed by atoms with Gasteiger partial charge in [-0.15, -0.1) is 0 Å². The Labute approximate surface area is 383 Å². The second-order valence-corrected chi connectivity index (χ2v) is 18.0. The number of carbonyl (C=O) groups excluding carboxylic acids is 2. The number of amides is 1. The number of ether oxygens (including phenoxy) is 5. The predicted octanol–water partition coefficient (Wildman–Crippen LogP) is 10.4. The molecular weight excluding hydrogens is 841 g/mol. The van der Waals surface area contributed by atoms with Crippen LogP contribution in [-0.4, -0.2) is 57.1 Å². The van der Waals surface area contributed by atoms with Crippen LogP contribution in [0, 0.1) is 34.6 Å². The topological polar surface area (TPSA) is 130 Å². The van der Waals surface area contributed by atoms with E-state index in [1.807, 2.05) is 152 Å². The first kappa shape index (κ1) is 48.0. The third-order valence-electron chi connectivity index (χ3n) is 10.4. The predicted molar refractivity (Wildman–Crippen MR) is 252 cm³/mol. The number of hydrogen-bond donors (Lipinski definition) is 1. The fraction of sp³-hybridized carbons (Fsp3) is 0.283. The maximum absolute atomic E-state index is 14.6. The van der Waals surface area contributed by atoms with Crippen molar-refractivity contribution >= 4 is 21.9 Å². The molecule has 0 aliphatic carbocycles. The molecule has 0 fully saturated rings. The second kappa shape index (κ2) is 22.4. The van der Waals surface area contributed by atoms with Gasteiger partial charge >= 0.3 is 5.97 Å². The quantitative estimate of drug-likeness (QED) is 0.0702. The molecule has 1 amide bonds. The fourth-order valence-electron chi connectivity index (χ4n) is 7.45. The van der Waals surface area contributed by atoms with Crippen LogP contribution < -0.4 is 19.5 Å². The molecule has 0 saturated carbocycles. The summed E-state index contributed by atoms with van der Waals surface area (Å²) in [7, 11) is -4.11. The highest BCUT2D eigenvalue weighted by molar-refractivity contribution is 7.89. The number of sulfonamides is 1. The molecule has 12 heteroatoms. The molecule has 0 aliphatic heterocycles. The van der Waals surface area contributed by atoms with Gasteiger partial charge in [0.2, 0.25) is 10.0 Å². The molecule has 0 spiro atoms. The van der Waals surface area contributed by atoms with Crippen molar-refractivity contribution in [2.75, 3.05) is 26.4 Å². The average molecular weight is 899 g/mol. The summed E-state index contributed by atoms with van der Waals surface area (Å²) in [6.07, 6.45) is -0.761. The molecule has 0 saturated heterocycles. The number of nitrogens with one attached hydrogen (secondary N) is 1. The minimum Gasteiger partial charge on any atom is -0.494 e. The zero-order valence-electron chi connectivity index (χ0n) is 38.2.